The van der Waals surface area contributed by atoms with E-state index in [-0.39, 0.29) is 23.4 Å². The van der Waals surface area contributed by atoms with Crippen LogP contribution in [0.5, 0.6) is 0 Å². The number of hydrogen-bond acceptors (Lipinski definition) is 6. The van der Waals surface area contributed by atoms with E-state index in [0.29, 0.717) is 18.5 Å². The van der Waals surface area contributed by atoms with Crippen molar-refractivity contribution in [2.45, 2.75) is 51.9 Å². The molecule has 136 valence electrons. The number of Topliss-reactive ketones (excluding diaryl/α,β-unsaturated/α-hetero) is 2. The lowest BCUT2D eigenvalue weighted by atomic mass is 9.53. The van der Waals surface area contributed by atoms with E-state index in [9.17, 15) is 9.59 Å². The molecule has 0 N–H and O–H groups in total. The zero-order chi connectivity index (χ0) is 18.3. The minimum atomic E-state index is -0.616. The van der Waals surface area contributed by atoms with Crippen LogP contribution in [0, 0.1) is 17.3 Å². The average Bonchev–Trinajstić information content (AvgIpc) is 3.11. The maximum absolute atomic E-state index is 13.5. The van der Waals surface area contributed by atoms with Crippen LogP contribution in [0.1, 0.15) is 67.3 Å². The second-order valence-corrected chi connectivity index (χ2v) is 7.76. The van der Waals surface area contributed by atoms with Gasteiger partial charge < -0.3 is 4.52 Å². The zero-order valence-electron chi connectivity index (χ0n) is 15.1. The summed E-state index contributed by atoms with van der Waals surface area (Å²) in [5.41, 5.74) is 0.793. The molecule has 1 fully saturated rings. The Kier molecular flexibility index (Phi) is 4.21. The van der Waals surface area contributed by atoms with Crippen molar-refractivity contribution in [3.05, 3.63) is 41.8 Å². The lowest BCUT2D eigenvalue weighted by molar-refractivity contribution is -0.139. The minimum Gasteiger partial charge on any atom is -0.361 e. The maximum atomic E-state index is 13.5. The third kappa shape index (κ3) is 2.50. The van der Waals surface area contributed by atoms with Crippen molar-refractivity contribution >= 4 is 11.6 Å². The molecule has 0 aliphatic heterocycles. The van der Waals surface area contributed by atoms with Crippen molar-refractivity contribution in [2.24, 2.45) is 17.3 Å². The number of hydrogen-bond donors (Lipinski definition) is 0. The van der Waals surface area contributed by atoms with Crippen LogP contribution in [0.25, 0.3) is 0 Å². The van der Waals surface area contributed by atoms with Gasteiger partial charge in [0.15, 0.2) is 5.78 Å². The second-order valence-electron chi connectivity index (χ2n) is 7.76. The number of carbonyl (C=O) groups is 2. The number of ketones is 2. The molecule has 1 unspecified atom stereocenters. The highest BCUT2D eigenvalue weighted by Gasteiger charge is 2.55. The molecular formula is C20H23N3O3. The number of nitrogens with zero attached hydrogens (tertiary/aromatic N) is 3. The van der Waals surface area contributed by atoms with Gasteiger partial charge in [0.25, 0.3) is 0 Å². The highest BCUT2D eigenvalue weighted by Crippen LogP contribution is 2.55. The van der Waals surface area contributed by atoms with Crippen molar-refractivity contribution in [3.63, 3.8) is 0 Å². The molecular weight excluding hydrogens is 330 g/mol. The van der Waals surface area contributed by atoms with Crippen molar-refractivity contribution in [1.82, 2.24) is 15.1 Å². The summed E-state index contributed by atoms with van der Waals surface area (Å²) in [5.74, 6) is 0.600. The Balaban J connectivity index is 1.68. The molecule has 0 aromatic carbocycles. The number of fused-ring (bicyclic) bond motifs is 2. The lowest BCUT2D eigenvalue weighted by Crippen LogP contribution is -2.51. The van der Waals surface area contributed by atoms with Crippen molar-refractivity contribution < 1.29 is 14.1 Å². The van der Waals surface area contributed by atoms with Crippen LogP contribution >= 0.6 is 0 Å². The summed E-state index contributed by atoms with van der Waals surface area (Å²) in [6.07, 6.45) is 8.65. The van der Waals surface area contributed by atoms with Crippen molar-refractivity contribution in [2.75, 3.05) is 0 Å². The molecule has 0 saturated heterocycles. The smallest absolute Gasteiger partial charge is 0.191 e. The molecule has 2 heterocycles. The quantitative estimate of drug-likeness (QED) is 0.618. The van der Waals surface area contributed by atoms with Gasteiger partial charge in [-0.25, -0.2) is 9.97 Å². The lowest BCUT2D eigenvalue weighted by Gasteiger charge is -2.48. The summed E-state index contributed by atoms with van der Waals surface area (Å²) in [4.78, 5) is 34.3. The Morgan fingerprint density at radius 1 is 1.38 bits per heavy atom. The molecule has 0 spiro atoms. The van der Waals surface area contributed by atoms with Gasteiger partial charge in [-0.2, -0.15) is 0 Å². The van der Waals surface area contributed by atoms with Crippen LogP contribution in [0.2, 0.25) is 0 Å². The van der Waals surface area contributed by atoms with Crippen LogP contribution in [0.4, 0.5) is 0 Å². The standard InChI is InChI=1S/C20H23N3O3/c1-3-4-13-15-6-5-14(17(24)16-7-8-21-11-22-16)19(25)20(15,2)9-12-10-23-26-18(12)13/h7-8,10-11,13-15H,3-6,9H2,1-2H3/t13-,14?,15-,20-/m1/s1. The van der Waals surface area contributed by atoms with Gasteiger partial charge in [0, 0.05) is 23.1 Å². The monoisotopic (exact) mass is 353 g/mol. The Morgan fingerprint density at radius 2 is 2.23 bits per heavy atom. The van der Waals surface area contributed by atoms with E-state index in [1.807, 2.05) is 6.92 Å². The van der Waals surface area contributed by atoms with E-state index >= 15 is 0 Å². The first-order valence-corrected chi connectivity index (χ1v) is 9.34. The third-order valence-corrected chi connectivity index (χ3v) is 6.27. The summed E-state index contributed by atoms with van der Waals surface area (Å²) in [6, 6.07) is 1.59. The van der Waals surface area contributed by atoms with E-state index in [0.717, 1.165) is 30.6 Å². The van der Waals surface area contributed by atoms with Gasteiger partial charge in [-0.1, -0.05) is 25.4 Å². The highest BCUT2D eigenvalue weighted by molar-refractivity contribution is 6.11. The summed E-state index contributed by atoms with van der Waals surface area (Å²) in [6.45, 7) is 4.17. The predicted molar refractivity (Wildman–Crippen MR) is 93.5 cm³/mol. The molecule has 2 aromatic heterocycles. The molecule has 0 radical (unpaired) electrons. The molecule has 1 saturated carbocycles. The molecule has 2 aromatic rings. The third-order valence-electron chi connectivity index (χ3n) is 6.27. The zero-order valence-corrected chi connectivity index (χ0v) is 15.1. The van der Waals surface area contributed by atoms with Crippen LogP contribution in [0.3, 0.4) is 0 Å². The van der Waals surface area contributed by atoms with E-state index in [2.05, 4.69) is 22.0 Å². The Morgan fingerprint density at radius 3 is 2.96 bits per heavy atom. The first-order valence-electron chi connectivity index (χ1n) is 9.34. The van der Waals surface area contributed by atoms with E-state index < -0.39 is 11.3 Å². The topological polar surface area (TPSA) is 86.0 Å². The van der Waals surface area contributed by atoms with Crippen LogP contribution < -0.4 is 0 Å². The molecule has 2 aliphatic rings. The first-order chi connectivity index (χ1) is 12.6. The van der Waals surface area contributed by atoms with Gasteiger partial charge in [0.2, 0.25) is 0 Å². The van der Waals surface area contributed by atoms with Gasteiger partial charge in [-0.15, -0.1) is 0 Å². The van der Waals surface area contributed by atoms with Gasteiger partial charge in [-0.05, 0) is 37.7 Å². The summed E-state index contributed by atoms with van der Waals surface area (Å²) < 4.78 is 5.55. The number of aromatic nitrogens is 3. The van der Waals surface area contributed by atoms with E-state index in [1.54, 1.807) is 18.5 Å². The molecule has 4 rings (SSSR count). The summed E-state index contributed by atoms with van der Waals surface area (Å²) in [7, 11) is 0. The molecule has 0 amide bonds. The van der Waals surface area contributed by atoms with Gasteiger partial charge in [0.05, 0.1) is 12.1 Å². The van der Waals surface area contributed by atoms with E-state index in [1.165, 1.54) is 6.33 Å². The van der Waals surface area contributed by atoms with Crippen LogP contribution in [0.15, 0.2) is 29.3 Å². The number of rotatable bonds is 4. The Labute approximate surface area is 152 Å². The summed E-state index contributed by atoms with van der Waals surface area (Å²) >= 11 is 0. The fourth-order valence-electron chi connectivity index (χ4n) is 5.03. The summed E-state index contributed by atoms with van der Waals surface area (Å²) in [5, 5.41) is 3.98. The van der Waals surface area contributed by atoms with E-state index in [4.69, 9.17) is 4.52 Å². The Bertz CT molecular complexity index is 832. The molecule has 4 atom stereocenters. The molecule has 6 heteroatoms. The molecule has 2 aliphatic carbocycles. The second kappa shape index (κ2) is 6.41. The normalized spacial score (nSPS) is 30.5. The van der Waals surface area contributed by atoms with Gasteiger partial charge >= 0.3 is 0 Å². The fraction of sp³-hybridized carbons (Fsp3) is 0.550. The number of carbonyl (C=O) groups excluding carboxylic acids is 2. The first kappa shape index (κ1) is 17.1. The van der Waals surface area contributed by atoms with Crippen LogP contribution in [-0.4, -0.2) is 26.7 Å². The van der Waals surface area contributed by atoms with Crippen molar-refractivity contribution in [3.8, 4) is 0 Å². The molecule has 6 nitrogen and oxygen atoms in total. The minimum absolute atomic E-state index is 0.0466. The average molecular weight is 353 g/mol. The largest absolute Gasteiger partial charge is 0.361 e. The van der Waals surface area contributed by atoms with Gasteiger partial charge in [-0.3, -0.25) is 9.59 Å². The molecule has 26 heavy (non-hydrogen) atoms. The highest BCUT2D eigenvalue weighted by atomic mass is 16.5. The van der Waals surface area contributed by atoms with Crippen molar-refractivity contribution in [1.29, 1.82) is 0 Å². The van der Waals surface area contributed by atoms with Crippen LogP contribution in [-0.2, 0) is 11.2 Å². The molecule has 0 bridgehead atoms. The Hall–Kier alpha value is -2.37. The predicted octanol–water partition coefficient (Wildman–Crippen LogP) is 3.39. The van der Waals surface area contributed by atoms with Gasteiger partial charge in [0.1, 0.15) is 23.6 Å². The maximum Gasteiger partial charge on any atom is 0.191 e. The fourth-order valence-corrected chi connectivity index (χ4v) is 5.03. The SMILES string of the molecule is CCC[C@H]1c2oncc2C[C@@]2(C)C(=O)C(C(=O)c3ccncn3)CC[C@H]12.